The predicted octanol–water partition coefficient (Wildman–Crippen LogP) is 1.19. The van der Waals surface area contributed by atoms with Crippen LogP contribution < -0.4 is 5.32 Å². The van der Waals surface area contributed by atoms with Gasteiger partial charge in [0.25, 0.3) is 5.91 Å². The monoisotopic (exact) mass is 230 g/mol. The minimum atomic E-state index is -0.190. The number of aromatic nitrogens is 3. The van der Waals surface area contributed by atoms with Gasteiger partial charge in [-0.05, 0) is 12.1 Å². The number of nitrogens with zero attached hydrogens (tertiary/aromatic N) is 3. The summed E-state index contributed by atoms with van der Waals surface area (Å²) >= 11 is 0. The van der Waals surface area contributed by atoms with Crippen molar-refractivity contribution in [2.24, 2.45) is 0 Å². The van der Waals surface area contributed by atoms with Crippen LogP contribution in [-0.4, -0.2) is 27.5 Å². The summed E-state index contributed by atoms with van der Waals surface area (Å²) in [6.45, 7) is 2.04. The molecule has 2 aromatic rings. The van der Waals surface area contributed by atoms with E-state index in [1.807, 2.05) is 23.8 Å². The van der Waals surface area contributed by atoms with Crippen molar-refractivity contribution in [3.05, 3.63) is 42.2 Å². The van der Waals surface area contributed by atoms with E-state index in [0.717, 1.165) is 17.9 Å². The Labute approximate surface area is 99.5 Å². The maximum Gasteiger partial charge on any atom is 0.269 e. The smallest absolute Gasteiger partial charge is 0.269 e. The zero-order chi connectivity index (χ0) is 12.3. The van der Waals surface area contributed by atoms with Crippen LogP contribution in [0.2, 0.25) is 0 Å². The van der Waals surface area contributed by atoms with Crippen molar-refractivity contribution in [1.82, 2.24) is 19.9 Å². The van der Waals surface area contributed by atoms with E-state index in [9.17, 15) is 4.79 Å². The van der Waals surface area contributed by atoms with Crippen LogP contribution in [0.1, 0.15) is 23.2 Å². The third-order valence-corrected chi connectivity index (χ3v) is 2.51. The molecular formula is C12H14N4O. The maximum absolute atomic E-state index is 11.5. The molecule has 0 atom stereocenters. The standard InChI is InChI=1S/C12H14N4O/c1-3-11-15-6-7-16(11)9-4-5-14-10(8-9)12(17)13-2/h4-8H,3H2,1-2H3,(H,13,17). The highest BCUT2D eigenvalue weighted by Gasteiger charge is 2.08. The SMILES string of the molecule is CCc1nccn1-c1ccnc(C(=O)NC)c1. The van der Waals surface area contributed by atoms with Crippen molar-refractivity contribution in [2.75, 3.05) is 7.05 Å². The van der Waals surface area contributed by atoms with Crippen LogP contribution in [0.3, 0.4) is 0 Å². The minimum Gasteiger partial charge on any atom is -0.354 e. The summed E-state index contributed by atoms with van der Waals surface area (Å²) in [7, 11) is 1.59. The highest BCUT2D eigenvalue weighted by Crippen LogP contribution is 2.11. The lowest BCUT2D eigenvalue weighted by Gasteiger charge is -2.07. The minimum absolute atomic E-state index is 0.190. The van der Waals surface area contributed by atoms with Gasteiger partial charge in [0.15, 0.2) is 0 Å². The highest BCUT2D eigenvalue weighted by molar-refractivity contribution is 5.92. The molecule has 5 nitrogen and oxygen atoms in total. The van der Waals surface area contributed by atoms with Crippen molar-refractivity contribution >= 4 is 5.91 Å². The fraction of sp³-hybridized carbons (Fsp3) is 0.250. The number of imidazole rings is 1. The van der Waals surface area contributed by atoms with Gasteiger partial charge in [-0.2, -0.15) is 0 Å². The normalized spacial score (nSPS) is 10.2. The van der Waals surface area contributed by atoms with E-state index in [4.69, 9.17) is 0 Å². The molecular weight excluding hydrogens is 216 g/mol. The molecule has 0 radical (unpaired) electrons. The van der Waals surface area contributed by atoms with Gasteiger partial charge in [0.2, 0.25) is 0 Å². The lowest BCUT2D eigenvalue weighted by Crippen LogP contribution is -2.19. The first-order valence-electron chi connectivity index (χ1n) is 5.47. The number of pyridine rings is 1. The van der Waals surface area contributed by atoms with E-state index in [1.165, 1.54) is 0 Å². The summed E-state index contributed by atoms with van der Waals surface area (Å²) in [5.41, 5.74) is 1.30. The van der Waals surface area contributed by atoms with Gasteiger partial charge in [-0.15, -0.1) is 0 Å². The predicted molar refractivity (Wildman–Crippen MR) is 64.1 cm³/mol. The average Bonchev–Trinajstić information content (AvgIpc) is 2.86. The summed E-state index contributed by atoms with van der Waals surface area (Å²) in [5.74, 6) is 0.768. The third kappa shape index (κ3) is 2.18. The number of nitrogens with one attached hydrogen (secondary N) is 1. The molecule has 2 heterocycles. The second kappa shape index (κ2) is 4.78. The Morgan fingerprint density at radius 2 is 2.24 bits per heavy atom. The molecule has 0 bridgehead atoms. The summed E-state index contributed by atoms with van der Waals surface area (Å²) in [6, 6.07) is 3.60. The number of hydrogen-bond donors (Lipinski definition) is 1. The Morgan fingerprint density at radius 1 is 1.41 bits per heavy atom. The molecule has 0 aliphatic heterocycles. The van der Waals surface area contributed by atoms with Gasteiger partial charge in [-0.1, -0.05) is 6.92 Å². The number of hydrogen-bond acceptors (Lipinski definition) is 3. The third-order valence-electron chi connectivity index (χ3n) is 2.51. The molecule has 0 spiro atoms. The Hall–Kier alpha value is -2.17. The van der Waals surface area contributed by atoms with E-state index in [0.29, 0.717) is 5.69 Å². The average molecular weight is 230 g/mol. The van der Waals surface area contributed by atoms with Crippen LogP contribution in [0.5, 0.6) is 0 Å². The van der Waals surface area contributed by atoms with Crippen molar-refractivity contribution in [3.8, 4) is 5.69 Å². The number of carbonyl (C=O) groups excluding carboxylic acids is 1. The van der Waals surface area contributed by atoms with Crippen molar-refractivity contribution in [1.29, 1.82) is 0 Å². The summed E-state index contributed by atoms with van der Waals surface area (Å²) in [5, 5.41) is 2.56. The number of rotatable bonds is 3. The Kier molecular flexibility index (Phi) is 3.18. The molecule has 0 unspecified atom stereocenters. The van der Waals surface area contributed by atoms with Gasteiger partial charge in [-0.25, -0.2) is 4.98 Å². The van der Waals surface area contributed by atoms with E-state index in [2.05, 4.69) is 15.3 Å². The van der Waals surface area contributed by atoms with Crippen LogP contribution >= 0.6 is 0 Å². The molecule has 0 fully saturated rings. The summed E-state index contributed by atoms with van der Waals surface area (Å²) in [6.07, 6.45) is 6.09. The molecule has 88 valence electrons. The fourth-order valence-corrected chi connectivity index (χ4v) is 1.65. The highest BCUT2D eigenvalue weighted by atomic mass is 16.1. The van der Waals surface area contributed by atoms with Gasteiger partial charge in [0, 0.05) is 32.1 Å². The Balaban J connectivity index is 2.43. The van der Waals surface area contributed by atoms with E-state index in [1.54, 1.807) is 25.5 Å². The molecule has 1 amide bonds. The van der Waals surface area contributed by atoms with Crippen LogP contribution in [0.25, 0.3) is 5.69 Å². The molecule has 1 N–H and O–H groups in total. The molecule has 2 aromatic heterocycles. The Bertz CT molecular complexity index is 533. The van der Waals surface area contributed by atoms with Crippen LogP contribution in [0.4, 0.5) is 0 Å². The number of aryl methyl sites for hydroxylation is 1. The first kappa shape index (κ1) is 11.3. The van der Waals surface area contributed by atoms with E-state index in [-0.39, 0.29) is 5.91 Å². The second-order valence-corrected chi connectivity index (χ2v) is 3.55. The maximum atomic E-state index is 11.5. The van der Waals surface area contributed by atoms with Gasteiger partial charge >= 0.3 is 0 Å². The van der Waals surface area contributed by atoms with Crippen molar-refractivity contribution < 1.29 is 4.79 Å². The topological polar surface area (TPSA) is 59.8 Å². The zero-order valence-electron chi connectivity index (χ0n) is 9.84. The lowest BCUT2D eigenvalue weighted by atomic mass is 10.3. The van der Waals surface area contributed by atoms with Gasteiger partial charge in [0.05, 0.1) is 5.69 Å². The molecule has 0 aliphatic carbocycles. The van der Waals surface area contributed by atoms with E-state index >= 15 is 0 Å². The number of carbonyl (C=O) groups is 1. The van der Waals surface area contributed by atoms with Crippen molar-refractivity contribution in [3.63, 3.8) is 0 Å². The van der Waals surface area contributed by atoms with Crippen LogP contribution in [-0.2, 0) is 6.42 Å². The van der Waals surface area contributed by atoms with Crippen LogP contribution in [0, 0.1) is 0 Å². The van der Waals surface area contributed by atoms with Gasteiger partial charge in [-0.3, -0.25) is 9.78 Å². The molecule has 0 saturated heterocycles. The molecule has 0 aromatic carbocycles. The molecule has 0 saturated carbocycles. The molecule has 0 aliphatic rings. The molecule has 5 heteroatoms. The van der Waals surface area contributed by atoms with Crippen molar-refractivity contribution in [2.45, 2.75) is 13.3 Å². The van der Waals surface area contributed by atoms with Crippen LogP contribution in [0.15, 0.2) is 30.7 Å². The second-order valence-electron chi connectivity index (χ2n) is 3.55. The molecule has 17 heavy (non-hydrogen) atoms. The summed E-state index contributed by atoms with van der Waals surface area (Å²) in [4.78, 5) is 19.8. The molecule has 2 rings (SSSR count). The quantitative estimate of drug-likeness (QED) is 0.861. The van der Waals surface area contributed by atoms with E-state index < -0.39 is 0 Å². The lowest BCUT2D eigenvalue weighted by molar-refractivity contribution is 0.0958. The number of amides is 1. The largest absolute Gasteiger partial charge is 0.354 e. The fourth-order valence-electron chi connectivity index (χ4n) is 1.65. The van der Waals surface area contributed by atoms with Gasteiger partial charge in [0.1, 0.15) is 11.5 Å². The Morgan fingerprint density at radius 3 is 2.94 bits per heavy atom. The first-order chi connectivity index (χ1) is 8.26. The van der Waals surface area contributed by atoms with Gasteiger partial charge < -0.3 is 9.88 Å². The first-order valence-corrected chi connectivity index (χ1v) is 5.47. The zero-order valence-corrected chi connectivity index (χ0v) is 9.84. The summed E-state index contributed by atoms with van der Waals surface area (Å²) < 4.78 is 1.95.